The third-order valence-corrected chi connectivity index (χ3v) is 5.91. The highest BCUT2D eigenvalue weighted by Gasteiger charge is 2.33. The van der Waals surface area contributed by atoms with Crippen LogP contribution in [0.15, 0.2) is 17.8 Å². The molecular formula is C18H23N5O2S. The Morgan fingerprint density at radius 1 is 1.42 bits per heavy atom. The second-order valence-corrected chi connectivity index (χ2v) is 8.22. The van der Waals surface area contributed by atoms with Crippen molar-refractivity contribution in [2.24, 2.45) is 0 Å². The van der Waals surface area contributed by atoms with Gasteiger partial charge in [0, 0.05) is 42.2 Å². The summed E-state index contributed by atoms with van der Waals surface area (Å²) in [6.07, 6.45) is 4.28. The van der Waals surface area contributed by atoms with Gasteiger partial charge in [-0.2, -0.15) is 0 Å². The highest BCUT2D eigenvalue weighted by atomic mass is 32.1. The molecule has 0 aromatic carbocycles. The van der Waals surface area contributed by atoms with Crippen LogP contribution in [0.25, 0.3) is 0 Å². The second-order valence-electron chi connectivity index (χ2n) is 7.16. The number of aryl methyl sites for hydroxylation is 1. The summed E-state index contributed by atoms with van der Waals surface area (Å²) in [7, 11) is 0. The van der Waals surface area contributed by atoms with Gasteiger partial charge in [-0.25, -0.2) is 15.0 Å². The summed E-state index contributed by atoms with van der Waals surface area (Å²) in [6.45, 7) is 3.41. The van der Waals surface area contributed by atoms with Gasteiger partial charge in [0.1, 0.15) is 12.1 Å². The summed E-state index contributed by atoms with van der Waals surface area (Å²) in [4.78, 5) is 27.3. The molecule has 1 saturated carbocycles. The van der Waals surface area contributed by atoms with Gasteiger partial charge in [0.05, 0.1) is 23.2 Å². The first-order chi connectivity index (χ1) is 12.6. The molecule has 1 unspecified atom stereocenters. The maximum atomic E-state index is 12.1. The third kappa shape index (κ3) is 3.86. The highest BCUT2D eigenvalue weighted by Crippen LogP contribution is 2.36. The van der Waals surface area contributed by atoms with Crippen LogP contribution in [0.5, 0.6) is 0 Å². The Labute approximate surface area is 156 Å². The van der Waals surface area contributed by atoms with E-state index in [9.17, 15) is 9.90 Å². The number of aromatic nitrogens is 3. The molecule has 26 heavy (non-hydrogen) atoms. The molecule has 138 valence electrons. The average molecular weight is 373 g/mol. The first kappa shape index (κ1) is 17.4. The number of amides is 1. The van der Waals surface area contributed by atoms with Gasteiger partial charge < -0.3 is 15.3 Å². The molecule has 1 aliphatic heterocycles. The minimum atomic E-state index is -0.266. The Bertz CT molecular complexity index is 789. The van der Waals surface area contributed by atoms with Gasteiger partial charge in [0.15, 0.2) is 0 Å². The Balaban J connectivity index is 1.28. The van der Waals surface area contributed by atoms with Crippen LogP contribution in [0, 0.1) is 6.92 Å². The molecule has 3 heterocycles. The lowest BCUT2D eigenvalue weighted by molar-refractivity contribution is -0.121. The topological polar surface area (TPSA) is 91.2 Å². The SMILES string of the molecule is Cc1nc(CC(=O)NC2CC(c3cc(N4CCC(O)C4)ncn3)C2)cs1. The van der Waals surface area contributed by atoms with Crippen molar-refractivity contribution in [3.63, 3.8) is 0 Å². The van der Waals surface area contributed by atoms with Crippen molar-refractivity contribution in [1.29, 1.82) is 0 Å². The number of carbonyl (C=O) groups excluding carboxylic acids is 1. The molecule has 1 aliphatic carbocycles. The van der Waals surface area contributed by atoms with E-state index in [1.54, 1.807) is 17.7 Å². The zero-order valence-electron chi connectivity index (χ0n) is 14.8. The molecule has 1 amide bonds. The zero-order valence-corrected chi connectivity index (χ0v) is 15.6. The summed E-state index contributed by atoms with van der Waals surface area (Å²) < 4.78 is 0. The van der Waals surface area contributed by atoms with E-state index in [-0.39, 0.29) is 18.1 Å². The molecule has 2 aromatic rings. The molecule has 1 saturated heterocycles. The van der Waals surface area contributed by atoms with E-state index in [1.165, 1.54) is 0 Å². The fourth-order valence-corrected chi connectivity index (χ4v) is 4.23. The quantitative estimate of drug-likeness (QED) is 0.824. The number of aliphatic hydroxyl groups is 1. The Kier molecular flexibility index (Phi) is 4.86. The third-order valence-electron chi connectivity index (χ3n) is 5.09. The number of nitrogens with one attached hydrogen (secondary N) is 1. The van der Waals surface area contributed by atoms with Crippen molar-refractivity contribution in [2.75, 3.05) is 18.0 Å². The molecule has 0 radical (unpaired) electrons. The number of nitrogens with zero attached hydrogens (tertiary/aromatic N) is 4. The standard InChI is InChI=1S/C18H23N5O2S/c1-11-21-14(9-26-11)6-18(25)22-13-4-12(5-13)16-7-17(20-10-19-16)23-3-2-15(24)8-23/h7,9-10,12-13,15,24H,2-6,8H2,1H3,(H,22,25). The average Bonchev–Trinajstić information content (AvgIpc) is 3.19. The maximum absolute atomic E-state index is 12.1. The number of aliphatic hydroxyl groups excluding tert-OH is 1. The molecule has 0 bridgehead atoms. The predicted molar refractivity (Wildman–Crippen MR) is 99.3 cm³/mol. The lowest BCUT2D eigenvalue weighted by atomic mass is 9.78. The van der Waals surface area contributed by atoms with Crippen LogP contribution in [0.1, 0.15) is 41.6 Å². The van der Waals surface area contributed by atoms with Gasteiger partial charge in [-0.05, 0) is 26.2 Å². The molecule has 2 aromatic heterocycles. The van der Waals surface area contributed by atoms with Crippen LogP contribution in [0.4, 0.5) is 5.82 Å². The fraction of sp³-hybridized carbons (Fsp3) is 0.556. The molecule has 2 aliphatic rings. The van der Waals surface area contributed by atoms with Crippen LogP contribution < -0.4 is 10.2 Å². The predicted octanol–water partition coefficient (Wildman–Crippen LogP) is 1.42. The Morgan fingerprint density at radius 2 is 2.27 bits per heavy atom. The summed E-state index contributed by atoms with van der Waals surface area (Å²) in [6, 6.07) is 2.23. The molecule has 2 fully saturated rings. The van der Waals surface area contributed by atoms with E-state index in [0.29, 0.717) is 18.9 Å². The fourth-order valence-electron chi connectivity index (χ4n) is 3.62. The van der Waals surface area contributed by atoms with Crippen molar-refractivity contribution in [1.82, 2.24) is 20.3 Å². The molecule has 0 spiro atoms. The summed E-state index contributed by atoms with van der Waals surface area (Å²) in [5.74, 6) is 1.28. The summed E-state index contributed by atoms with van der Waals surface area (Å²) >= 11 is 1.57. The number of hydrogen-bond donors (Lipinski definition) is 2. The minimum absolute atomic E-state index is 0.0354. The minimum Gasteiger partial charge on any atom is -0.391 e. The smallest absolute Gasteiger partial charge is 0.226 e. The van der Waals surface area contributed by atoms with Gasteiger partial charge in [-0.1, -0.05) is 0 Å². The van der Waals surface area contributed by atoms with Gasteiger partial charge in [-0.15, -0.1) is 11.3 Å². The van der Waals surface area contributed by atoms with E-state index >= 15 is 0 Å². The first-order valence-corrected chi connectivity index (χ1v) is 9.90. The van der Waals surface area contributed by atoms with Gasteiger partial charge >= 0.3 is 0 Å². The van der Waals surface area contributed by atoms with Crippen molar-refractivity contribution >= 4 is 23.1 Å². The number of hydrogen-bond acceptors (Lipinski definition) is 7. The molecule has 1 atom stereocenters. The normalized spacial score (nSPS) is 25.2. The van der Waals surface area contributed by atoms with Crippen LogP contribution in [-0.2, 0) is 11.2 Å². The van der Waals surface area contributed by atoms with Crippen LogP contribution in [-0.4, -0.2) is 51.2 Å². The van der Waals surface area contributed by atoms with Crippen molar-refractivity contribution in [2.45, 2.75) is 50.7 Å². The van der Waals surface area contributed by atoms with Crippen LogP contribution >= 0.6 is 11.3 Å². The molecular weight excluding hydrogens is 350 g/mol. The summed E-state index contributed by atoms with van der Waals surface area (Å²) in [5.41, 5.74) is 1.87. The molecule has 8 heteroatoms. The largest absolute Gasteiger partial charge is 0.391 e. The lowest BCUT2D eigenvalue weighted by Gasteiger charge is -2.35. The first-order valence-electron chi connectivity index (χ1n) is 9.02. The van der Waals surface area contributed by atoms with Crippen molar-refractivity contribution in [3.05, 3.63) is 34.2 Å². The lowest BCUT2D eigenvalue weighted by Crippen LogP contribution is -2.44. The number of carbonyl (C=O) groups is 1. The molecule has 4 rings (SSSR count). The second kappa shape index (κ2) is 7.28. The number of rotatable bonds is 5. The van der Waals surface area contributed by atoms with Crippen molar-refractivity contribution < 1.29 is 9.90 Å². The van der Waals surface area contributed by atoms with Gasteiger partial charge in [0.2, 0.25) is 5.91 Å². The van der Waals surface area contributed by atoms with Crippen LogP contribution in [0.2, 0.25) is 0 Å². The van der Waals surface area contributed by atoms with Crippen molar-refractivity contribution in [3.8, 4) is 0 Å². The van der Waals surface area contributed by atoms with E-state index in [1.807, 2.05) is 18.4 Å². The Morgan fingerprint density at radius 3 is 2.96 bits per heavy atom. The monoisotopic (exact) mass is 373 g/mol. The van der Waals surface area contributed by atoms with E-state index in [2.05, 4.69) is 25.2 Å². The van der Waals surface area contributed by atoms with E-state index in [4.69, 9.17) is 0 Å². The van der Waals surface area contributed by atoms with Crippen LogP contribution in [0.3, 0.4) is 0 Å². The number of thiazole rings is 1. The maximum Gasteiger partial charge on any atom is 0.226 e. The zero-order chi connectivity index (χ0) is 18.1. The van der Waals surface area contributed by atoms with Gasteiger partial charge in [0.25, 0.3) is 0 Å². The number of anilines is 1. The summed E-state index contributed by atoms with van der Waals surface area (Å²) in [5, 5.41) is 15.7. The Hall–Kier alpha value is -2.06. The number of β-amino-alcohol motifs (C(OH)–C–C–N with tert-alkyl or cyclic N) is 1. The van der Waals surface area contributed by atoms with Gasteiger partial charge in [-0.3, -0.25) is 4.79 Å². The molecule has 2 N–H and O–H groups in total. The van der Waals surface area contributed by atoms with E-state index in [0.717, 1.165) is 48.0 Å². The van der Waals surface area contributed by atoms with E-state index < -0.39 is 0 Å². The molecule has 7 nitrogen and oxygen atoms in total. The highest BCUT2D eigenvalue weighted by molar-refractivity contribution is 7.09.